The van der Waals surface area contributed by atoms with Crippen molar-refractivity contribution in [3.63, 3.8) is 0 Å². The van der Waals surface area contributed by atoms with Crippen LogP contribution in [0.5, 0.6) is 5.75 Å². The van der Waals surface area contributed by atoms with Gasteiger partial charge in [-0.3, -0.25) is 24.6 Å². The maximum Gasteiger partial charge on any atom is 0.311 e. The summed E-state index contributed by atoms with van der Waals surface area (Å²) in [5.74, 6) is -0.834. The van der Waals surface area contributed by atoms with Gasteiger partial charge in [0.25, 0.3) is 5.69 Å². The second-order valence-electron chi connectivity index (χ2n) is 7.29. The first-order chi connectivity index (χ1) is 12.8. The van der Waals surface area contributed by atoms with E-state index in [9.17, 15) is 24.8 Å². The summed E-state index contributed by atoms with van der Waals surface area (Å²) < 4.78 is 4.99. The zero-order chi connectivity index (χ0) is 19.8. The van der Waals surface area contributed by atoms with Crippen molar-refractivity contribution in [1.82, 2.24) is 4.90 Å². The molecule has 0 aromatic heterocycles. The van der Waals surface area contributed by atoms with Gasteiger partial charge in [-0.1, -0.05) is 6.42 Å². The number of carbonyl (C=O) groups excluding carboxylic acids is 1. The van der Waals surface area contributed by atoms with Crippen LogP contribution >= 0.6 is 12.4 Å². The number of hydrogen-bond donors (Lipinski definition) is 2. The highest BCUT2D eigenvalue weighted by atomic mass is 35.5. The van der Waals surface area contributed by atoms with Crippen LogP contribution in [0.25, 0.3) is 0 Å². The van der Waals surface area contributed by atoms with E-state index in [-0.39, 0.29) is 29.7 Å². The van der Waals surface area contributed by atoms with Gasteiger partial charge in [-0.25, -0.2) is 0 Å². The fraction of sp³-hybridized carbons (Fsp3) is 0.556. The third-order valence-electron chi connectivity index (χ3n) is 5.91. The molecule has 1 saturated heterocycles. The molecule has 2 aliphatic rings. The summed E-state index contributed by atoms with van der Waals surface area (Å²) in [6, 6.07) is 3.62. The van der Waals surface area contributed by atoms with Crippen LogP contribution in [-0.2, 0) is 9.59 Å². The van der Waals surface area contributed by atoms with Gasteiger partial charge < -0.3 is 15.2 Å². The average molecular weight is 414 g/mol. The van der Waals surface area contributed by atoms with Gasteiger partial charge >= 0.3 is 5.97 Å². The number of carbonyl (C=O) groups is 2. The van der Waals surface area contributed by atoms with Crippen molar-refractivity contribution >= 4 is 35.7 Å². The molecule has 3 atom stereocenters. The van der Waals surface area contributed by atoms with E-state index in [1.807, 2.05) is 4.90 Å². The number of carboxylic acids is 1. The highest BCUT2D eigenvalue weighted by Gasteiger charge is 2.55. The average Bonchev–Trinajstić information content (AvgIpc) is 3.19. The number of hydrogen-bond acceptors (Lipinski definition) is 6. The smallest absolute Gasteiger partial charge is 0.311 e. The molecule has 1 aliphatic carbocycles. The molecular formula is C18H24ClN3O6. The monoisotopic (exact) mass is 413 g/mol. The number of fused-ring (bicyclic) bond motifs is 1. The third-order valence-corrected chi connectivity index (χ3v) is 5.91. The van der Waals surface area contributed by atoms with Crippen LogP contribution in [0.1, 0.15) is 26.2 Å². The molecule has 154 valence electrons. The van der Waals surface area contributed by atoms with Gasteiger partial charge in [-0.15, -0.1) is 12.4 Å². The van der Waals surface area contributed by atoms with Crippen LogP contribution in [0.2, 0.25) is 0 Å². The van der Waals surface area contributed by atoms with E-state index < -0.39 is 28.3 Å². The number of nitrogens with one attached hydrogen (secondary N) is 1. The Kier molecular flexibility index (Phi) is 6.51. The minimum absolute atomic E-state index is 0. The highest BCUT2D eigenvalue weighted by Crippen LogP contribution is 2.49. The number of nitrogens with zero attached hydrogens (tertiary/aromatic N) is 2. The van der Waals surface area contributed by atoms with Crippen LogP contribution in [0.4, 0.5) is 11.4 Å². The Hall–Kier alpha value is -2.39. The standard InChI is InChI=1S/C18H23N3O6.ClH/c1-11(20-9-12-4-3-7-18(12,10-20)17(23)24)16(22)19-14-6-5-13(27-2)8-15(14)21(25)26;/h5-6,8,11-12H,3-4,7,9-10H2,1-2H3,(H,19,22)(H,23,24);1H/t11?,12-,18+;/m0./s1. The summed E-state index contributed by atoms with van der Waals surface area (Å²) in [7, 11) is 1.40. The van der Waals surface area contributed by atoms with Crippen molar-refractivity contribution in [3.8, 4) is 5.75 Å². The molecule has 1 aromatic rings. The van der Waals surface area contributed by atoms with Crippen LogP contribution in [-0.4, -0.2) is 53.0 Å². The van der Waals surface area contributed by atoms with E-state index in [4.69, 9.17) is 4.74 Å². The molecular weight excluding hydrogens is 390 g/mol. The number of methoxy groups -OCH3 is 1. The largest absolute Gasteiger partial charge is 0.496 e. The summed E-state index contributed by atoms with van der Waals surface area (Å²) in [5.41, 5.74) is -0.944. The second-order valence-corrected chi connectivity index (χ2v) is 7.29. The quantitative estimate of drug-likeness (QED) is 0.542. The Balaban J connectivity index is 0.00000280. The maximum absolute atomic E-state index is 12.7. The van der Waals surface area contributed by atoms with Gasteiger partial charge in [-0.2, -0.15) is 0 Å². The predicted octanol–water partition coefficient (Wildman–Crippen LogP) is 2.54. The van der Waals surface area contributed by atoms with Crippen LogP contribution < -0.4 is 10.1 Å². The molecule has 0 radical (unpaired) electrons. The molecule has 1 saturated carbocycles. The lowest BCUT2D eigenvalue weighted by Gasteiger charge is -2.26. The summed E-state index contributed by atoms with van der Waals surface area (Å²) in [5, 5.41) is 23.6. The molecule has 0 bridgehead atoms. The number of nitro groups is 1. The minimum Gasteiger partial charge on any atom is -0.496 e. The summed E-state index contributed by atoms with van der Waals surface area (Å²) in [6.45, 7) is 2.57. The van der Waals surface area contributed by atoms with Gasteiger partial charge in [0.05, 0.1) is 29.6 Å². The van der Waals surface area contributed by atoms with Crippen LogP contribution in [0.15, 0.2) is 18.2 Å². The van der Waals surface area contributed by atoms with Gasteiger partial charge in [0.2, 0.25) is 5.91 Å². The number of ether oxygens (including phenoxy) is 1. The number of nitro benzene ring substituents is 1. The molecule has 2 fully saturated rings. The number of carboxylic acid groups (broad SMARTS) is 1. The van der Waals surface area contributed by atoms with Crippen molar-refractivity contribution in [1.29, 1.82) is 0 Å². The van der Waals surface area contributed by atoms with Gasteiger partial charge in [0, 0.05) is 13.1 Å². The molecule has 0 spiro atoms. The molecule has 28 heavy (non-hydrogen) atoms. The fourth-order valence-electron chi connectivity index (χ4n) is 4.27. The zero-order valence-electron chi connectivity index (χ0n) is 15.7. The summed E-state index contributed by atoms with van der Waals surface area (Å²) in [4.78, 5) is 37.0. The van der Waals surface area contributed by atoms with E-state index in [1.54, 1.807) is 6.92 Å². The summed E-state index contributed by atoms with van der Waals surface area (Å²) >= 11 is 0. The van der Waals surface area contributed by atoms with E-state index in [2.05, 4.69) is 5.32 Å². The predicted molar refractivity (Wildman–Crippen MR) is 104 cm³/mol. The van der Waals surface area contributed by atoms with Crippen molar-refractivity contribution in [2.24, 2.45) is 11.3 Å². The Morgan fingerprint density at radius 2 is 2.18 bits per heavy atom. The number of anilines is 1. The van der Waals surface area contributed by atoms with Crippen molar-refractivity contribution in [3.05, 3.63) is 28.3 Å². The Labute approximate surface area is 168 Å². The lowest BCUT2D eigenvalue weighted by Crippen LogP contribution is -2.43. The molecule has 1 unspecified atom stereocenters. The SMILES string of the molecule is COc1ccc(NC(=O)C(C)N2C[C@@H]3CCC[C@@]3(C(=O)O)C2)c([N+](=O)[O-])c1.Cl. The molecule has 2 N–H and O–H groups in total. The first-order valence-electron chi connectivity index (χ1n) is 8.89. The lowest BCUT2D eigenvalue weighted by molar-refractivity contribution is -0.384. The van der Waals surface area contributed by atoms with E-state index in [1.165, 1.54) is 25.3 Å². The lowest BCUT2D eigenvalue weighted by atomic mass is 9.81. The van der Waals surface area contributed by atoms with Crippen LogP contribution in [0.3, 0.4) is 0 Å². The van der Waals surface area contributed by atoms with Gasteiger partial charge in [0.1, 0.15) is 11.4 Å². The molecule has 1 aromatic carbocycles. The van der Waals surface area contributed by atoms with Gasteiger partial charge in [0.15, 0.2) is 0 Å². The molecule has 10 heteroatoms. The van der Waals surface area contributed by atoms with Gasteiger partial charge in [-0.05, 0) is 37.8 Å². The van der Waals surface area contributed by atoms with Crippen molar-refractivity contribution in [2.75, 3.05) is 25.5 Å². The normalized spacial score (nSPS) is 24.7. The number of halogens is 1. The number of aliphatic carboxylic acids is 1. The first-order valence-corrected chi connectivity index (χ1v) is 8.89. The number of rotatable bonds is 6. The van der Waals surface area contributed by atoms with E-state index in [0.717, 1.165) is 12.8 Å². The Bertz CT molecular complexity index is 789. The molecule has 9 nitrogen and oxygen atoms in total. The topological polar surface area (TPSA) is 122 Å². The van der Waals surface area contributed by atoms with Crippen molar-refractivity contribution in [2.45, 2.75) is 32.2 Å². The fourth-order valence-corrected chi connectivity index (χ4v) is 4.27. The van der Waals surface area contributed by atoms with E-state index >= 15 is 0 Å². The van der Waals surface area contributed by atoms with Crippen LogP contribution in [0, 0.1) is 21.4 Å². The number of benzene rings is 1. The van der Waals surface area contributed by atoms with E-state index in [0.29, 0.717) is 25.3 Å². The molecule has 1 amide bonds. The second kappa shape index (κ2) is 8.32. The van der Waals surface area contributed by atoms with Crippen molar-refractivity contribution < 1.29 is 24.4 Å². The number of amides is 1. The zero-order valence-corrected chi connectivity index (χ0v) is 16.5. The first kappa shape index (κ1) is 21.9. The third kappa shape index (κ3) is 3.77. The molecule has 3 rings (SSSR count). The maximum atomic E-state index is 12.7. The summed E-state index contributed by atoms with van der Waals surface area (Å²) in [6.07, 6.45) is 2.37. The minimum atomic E-state index is -0.800. The Morgan fingerprint density at radius 1 is 1.46 bits per heavy atom. The Morgan fingerprint density at radius 3 is 2.75 bits per heavy atom. The molecule has 1 heterocycles. The highest BCUT2D eigenvalue weighted by molar-refractivity contribution is 5.96. The molecule has 1 aliphatic heterocycles. The number of likely N-dealkylation sites (tertiary alicyclic amines) is 1.